The summed E-state index contributed by atoms with van der Waals surface area (Å²) in [5.74, 6) is -0.675. The molecule has 0 bridgehead atoms. The maximum absolute atomic E-state index is 11.4. The number of nitrogens with one attached hydrogen (secondary N) is 1. The third kappa shape index (κ3) is 5.88. The first-order valence-corrected chi connectivity index (χ1v) is 5.26. The maximum atomic E-state index is 11.4. The van der Waals surface area contributed by atoms with Gasteiger partial charge in [0.15, 0.2) is 0 Å². The highest BCUT2D eigenvalue weighted by Gasteiger charge is 2.15. The number of hydrogen-bond donors (Lipinski definition) is 2. The van der Waals surface area contributed by atoms with Crippen LogP contribution in [0.5, 0.6) is 0 Å². The van der Waals surface area contributed by atoms with E-state index in [1.165, 1.54) is 0 Å². The fourth-order valence-corrected chi connectivity index (χ4v) is 1.29. The molecular formula is C11H20N2O2. The molecule has 0 aromatic carbocycles. The summed E-state index contributed by atoms with van der Waals surface area (Å²) < 4.78 is 0. The molecule has 1 unspecified atom stereocenters. The van der Waals surface area contributed by atoms with Gasteiger partial charge in [-0.05, 0) is 12.8 Å². The summed E-state index contributed by atoms with van der Waals surface area (Å²) in [6.45, 7) is 7.62. The Kier molecular flexibility index (Phi) is 6.42. The highest BCUT2D eigenvalue weighted by Crippen LogP contribution is 2.06. The molecule has 86 valence electrons. The van der Waals surface area contributed by atoms with E-state index in [2.05, 4.69) is 11.9 Å². The molecule has 0 aliphatic heterocycles. The summed E-state index contributed by atoms with van der Waals surface area (Å²) in [5, 5.41) is 2.58. The molecule has 0 saturated heterocycles. The van der Waals surface area contributed by atoms with Crippen LogP contribution in [0.1, 0.15) is 39.5 Å². The van der Waals surface area contributed by atoms with Gasteiger partial charge in [0, 0.05) is 6.42 Å². The van der Waals surface area contributed by atoms with Crippen molar-refractivity contribution < 1.29 is 9.59 Å². The van der Waals surface area contributed by atoms with Gasteiger partial charge >= 0.3 is 0 Å². The van der Waals surface area contributed by atoms with E-state index in [4.69, 9.17) is 5.73 Å². The first-order valence-electron chi connectivity index (χ1n) is 5.26. The van der Waals surface area contributed by atoms with Crippen molar-refractivity contribution >= 4 is 11.8 Å². The fraction of sp³-hybridized carbons (Fsp3) is 0.636. The number of carbonyl (C=O) groups is 2. The van der Waals surface area contributed by atoms with Crippen LogP contribution in [0.25, 0.3) is 0 Å². The third-order valence-electron chi connectivity index (χ3n) is 2.10. The molecule has 2 amide bonds. The molecule has 1 atom stereocenters. The summed E-state index contributed by atoms with van der Waals surface area (Å²) in [5.41, 5.74) is 5.99. The molecular weight excluding hydrogens is 192 g/mol. The minimum Gasteiger partial charge on any atom is -0.368 e. The van der Waals surface area contributed by atoms with Crippen molar-refractivity contribution in [2.45, 2.75) is 45.6 Å². The standard InChI is InChI=1S/C11H20N2O2/c1-4-6-8(3)7-10(14)13-9(5-2)11(12)15/h9H,3-7H2,1-2H3,(H2,12,15)(H,13,14). The minimum atomic E-state index is -0.563. The van der Waals surface area contributed by atoms with Crippen LogP contribution in [0.15, 0.2) is 12.2 Å². The molecule has 0 saturated carbocycles. The molecule has 0 radical (unpaired) electrons. The topological polar surface area (TPSA) is 72.2 Å². The van der Waals surface area contributed by atoms with Gasteiger partial charge in [0.05, 0.1) is 0 Å². The summed E-state index contributed by atoms with van der Waals surface area (Å²) in [4.78, 5) is 22.3. The Hall–Kier alpha value is -1.32. The van der Waals surface area contributed by atoms with Crippen molar-refractivity contribution in [1.82, 2.24) is 5.32 Å². The quantitative estimate of drug-likeness (QED) is 0.620. The van der Waals surface area contributed by atoms with Gasteiger partial charge in [-0.25, -0.2) is 0 Å². The van der Waals surface area contributed by atoms with Crippen molar-refractivity contribution in [3.63, 3.8) is 0 Å². The summed E-state index contributed by atoms with van der Waals surface area (Å²) >= 11 is 0. The van der Waals surface area contributed by atoms with Gasteiger partial charge in [-0.2, -0.15) is 0 Å². The molecule has 0 aliphatic carbocycles. The van der Waals surface area contributed by atoms with Crippen molar-refractivity contribution in [3.8, 4) is 0 Å². The largest absolute Gasteiger partial charge is 0.368 e. The second-order valence-corrected chi connectivity index (χ2v) is 3.61. The summed E-state index contributed by atoms with van der Waals surface area (Å²) in [6, 6.07) is -0.563. The number of amides is 2. The van der Waals surface area contributed by atoms with Crippen LogP contribution in [0.3, 0.4) is 0 Å². The Bertz CT molecular complexity index is 249. The van der Waals surface area contributed by atoms with Crippen LogP contribution in [-0.4, -0.2) is 17.9 Å². The van der Waals surface area contributed by atoms with Crippen molar-refractivity contribution in [2.24, 2.45) is 5.73 Å². The van der Waals surface area contributed by atoms with Gasteiger partial charge in [-0.1, -0.05) is 32.4 Å². The van der Waals surface area contributed by atoms with Gasteiger partial charge < -0.3 is 11.1 Å². The lowest BCUT2D eigenvalue weighted by Crippen LogP contribution is -2.43. The van der Waals surface area contributed by atoms with Crippen LogP contribution in [0, 0.1) is 0 Å². The van der Waals surface area contributed by atoms with E-state index >= 15 is 0 Å². The molecule has 0 spiro atoms. The Morgan fingerprint density at radius 1 is 1.40 bits per heavy atom. The Labute approximate surface area is 90.9 Å². The Balaban J connectivity index is 4.01. The summed E-state index contributed by atoms with van der Waals surface area (Å²) in [6.07, 6.45) is 2.60. The van der Waals surface area contributed by atoms with E-state index in [1.807, 2.05) is 6.92 Å². The van der Waals surface area contributed by atoms with E-state index in [1.54, 1.807) is 6.92 Å². The highest BCUT2D eigenvalue weighted by atomic mass is 16.2. The third-order valence-corrected chi connectivity index (χ3v) is 2.10. The monoisotopic (exact) mass is 212 g/mol. The zero-order valence-corrected chi connectivity index (χ0v) is 9.51. The van der Waals surface area contributed by atoms with Crippen molar-refractivity contribution in [2.75, 3.05) is 0 Å². The SMILES string of the molecule is C=C(CCC)CC(=O)NC(CC)C(N)=O. The molecule has 0 heterocycles. The fourth-order valence-electron chi connectivity index (χ4n) is 1.29. The average Bonchev–Trinajstić information content (AvgIpc) is 2.13. The van der Waals surface area contributed by atoms with Crippen LogP contribution in [0.2, 0.25) is 0 Å². The average molecular weight is 212 g/mol. The van der Waals surface area contributed by atoms with Crippen LogP contribution < -0.4 is 11.1 Å². The number of carbonyl (C=O) groups excluding carboxylic acids is 2. The van der Waals surface area contributed by atoms with E-state index < -0.39 is 11.9 Å². The van der Waals surface area contributed by atoms with Gasteiger partial charge in [-0.15, -0.1) is 0 Å². The molecule has 0 aromatic rings. The molecule has 0 aliphatic rings. The van der Waals surface area contributed by atoms with Gasteiger partial charge in [-0.3, -0.25) is 9.59 Å². The number of rotatable bonds is 7. The van der Waals surface area contributed by atoms with Gasteiger partial charge in [0.2, 0.25) is 11.8 Å². The molecule has 15 heavy (non-hydrogen) atoms. The first kappa shape index (κ1) is 13.7. The normalized spacial score (nSPS) is 11.9. The van der Waals surface area contributed by atoms with Gasteiger partial charge in [0.25, 0.3) is 0 Å². The zero-order chi connectivity index (χ0) is 11.8. The van der Waals surface area contributed by atoms with E-state index in [-0.39, 0.29) is 12.3 Å². The Morgan fingerprint density at radius 3 is 2.40 bits per heavy atom. The zero-order valence-electron chi connectivity index (χ0n) is 9.51. The number of nitrogens with two attached hydrogens (primary N) is 1. The van der Waals surface area contributed by atoms with E-state index in [9.17, 15) is 9.59 Å². The van der Waals surface area contributed by atoms with Gasteiger partial charge in [0.1, 0.15) is 6.04 Å². The molecule has 0 aromatic heterocycles. The van der Waals surface area contributed by atoms with Crippen LogP contribution in [-0.2, 0) is 9.59 Å². The maximum Gasteiger partial charge on any atom is 0.239 e. The second kappa shape index (κ2) is 7.04. The van der Waals surface area contributed by atoms with E-state index in [0.29, 0.717) is 6.42 Å². The predicted molar refractivity (Wildman–Crippen MR) is 60.1 cm³/mol. The van der Waals surface area contributed by atoms with E-state index in [0.717, 1.165) is 18.4 Å². The lowest BCUT2D eigenvalue weighted by atomic mass is 10.1. The number of hydrogen-bond acceptors (Lipinski definition) is 2. The Morgan fingerprint density at radius 2 is 2.00 bits per heavy atom. The van der Waals surface area contributed by atoms with Crippen molar-refractivity contribution in [3.05, 3.63) is 12.2 Å². The van der Waals surface area contributed by atoms with Crippen LogP contribution >= 0.6 is 0 Å². The molecule has 4 nitrogen and oxygen atoms in total. The summed E-state index contributed by atoms with van der Waals surface area (Å²) in [7, 11) is 0. The minimum absolute atomic E-state index is 0.181. The molecule has 4 heteroatoms. The predicted octanol–water partition coefficient (Wildman–Crippen LogP) is 1.11. The first-order chi connectivity index (χ1) is 7.01. The lowest BCUT2D eigenvalue weighted by Gasteiger charge is -2.13. The molecule has 3 N–H and O–H groups in total. The number of primary amides is 1. The highest BCUT2D eigenvalue weighted by molar-refractivity contribution is 5.87. The lowest BCUT2D eigenvalue weighted by molar-refractivity contribution is -0.127. The van der Waals surface area contributed by atoms with Crippen molar-refractivity contribution in [1.29, 1.82) is 0 Å². The molecule has 0 rings (SSSR count). The smallest absolute Gasteiger partial charge is 0.239 e. The van der Waals surface area contributed by atoms with Crippen LogP contribution in [0.4, 0.5) is 0 Å². The second-order valence-electron chi connectivity index (χ2n) is 3.61. The molecule has 0 fully saturated rings.